The van der Waals surface area contributed by atoms with Crippen molar-refractivity contribution in [2.24, 2.45) is 0 Å². The summed E-state index contributed by atoms with van der Waals surface area (Å²) in [5.41, 5.74) is 0.618. The summed E-state index contributed by atoms with van der Waals surface area (Å²) in [5, 5.41) is 2.18. The number of hydrogen-bond donors (Lipinski definition) is 0. The van der Waals surface area contributed by atoms with Gasteiger partial charge >= 0.3 is 0 Å². The van der Waals surface area contributed by atoms with Gasteiger partial charge in [0.2, 0.25) is 0 Å². The van der Waals surface area contributed by atoms with Gasteiger partial charge in [0.1, 0.15) is 5.15 Å². The molecule has 72 valence electrons. The molecule has 0 N–H and O–H groups in total. The minimum atomic E-state index is 0.377. The molecule has 0 aliphatic carbocycles. The molecule has 1 aromatic heterocycles. The smallest absolute Gasteiger partial charge is 0.144 e. The second-order valence-corrected chi connectivity index (χ2v) is 4.69. The van der Waals surface area contributed by atoms with E-state index >= 15 is 0 Å². The fourth-order valence-corrected chi connectivity index (χ4v) is 1.97. The van der Waals surface area contributed by atoms with Crippen molar-refractivity contribution in [3.05, 3.63) is 37.9 Å². The van der Waals surface area contributed by atoms with Gasteiger partial charge in [-0.15, -0.1) is 0 Å². The molecule has 0 saturated heterocycles. The van der Waals surface area contributed by atoms with E-state index in [2.05, 4.69) is 20.9 Å². The summed E-state index contributed by atoms with van der Waals surface area (Å²) in [4.78, 5) is 4.14. The molecule has 1 nitrogen and oxygen atoms in total. The average molecular weight is 311 g/mol. The van der Waals surface area contributed by atoms with Crippen LogP contribution in [0.15, 0.2) is 22.7 Å². The molecule has 2 aromatic rings. The van der Waals surface area contributed by atoms with Gasteiger partial charge in [-0.1, -0.05) is 40.9 Å². The normalized spacial score (nSPS) is 10.9. The molecule has 1 heterocycles. The summed E-state index contributed by atoms with van der Waals surface area (Å²) in [6, 6.07) is 5.43. The first-order valence-corrected chi connectivity index (χ1v) is 5.62. The van der Waals surface area contributed by atoms with Crippen LogP contribution in [-0.4, -0.2) is 4.98 Å². The molecule has 0 radical (unpaired) electrons. The van der Waals surface area contributed by atoms with Crippen molar-refractivity contribution in [3.8, 4) is 0 Å². The predicted octanol–water partition coefficient (Wildman–Crippen LogP) is 4.96. The molecule has 14 heavy (non-hydrogen) atoms. The van der Waals surface area contributed by atoms with E-state index in [1.165, 1.54) is 0 Å². The van der Waals surface area contributed by atoms with Crippen molar-refractivity contribution in [2.45, 2.75) is 0 Å². The summed E-state index contributed by atoms with van der Waals surface area (Å²) in [7, 11) is 0. The van der Waals surface area contributed by atoms with E-state index in [1.54, 1.807) is 6.07 Å². The van der Waals surface area contributed by atoms with E-state index in [9.17, 15) is 0 Å². The van der Waals surface area contributed by atoms with Gasteiger partial charge in [0, 0.05) is 5.39 Å². The van der Waals surface area contributed by atoms with Crippen molar-refractivity contribution in [1.29, 1.82) is 0 Å². The van der Waals surface area contributed by atoms with Crippen LogP contribution in [0.25, 0.3) is 10.9 Å². The molecule has 0 atom stereocenters. The Bertz CT molecular complexity index is 513. The minimum absolute atomic E-state index is 0.377. The lowest BCUT2D eigenvalue weighted by Crippen LogP contribution is -1.83. The lowest BCUT2D eigenvalue weighted by atomic mass is 10.2. The van der Waals surface area contributed by atoms with E-state index in [0.717, 1.165) is 9.86 Å². The highest BCUT2D eigenvalue weighted by Crippen LogP contribution is 2.33. The average Bonchev–Trinajstić information content (AvgIpc) is 2.15. The molecule has 0 saturated carbocycles. The standard InChI is InChI=1S/C9H3BrCl3N/c10-5-3-4-1-2-6(11)7(12)8(4)14-9(5)13/h1-3H. The third-order valence-corrected chi connectivity index (χ3v) is 3.70. The number of benzene rings is 1. The SMILES string of the molecule is Clc1ccc2cc(Br)c(Cl)nc2c1Cl. The highest BCUT2D eigenvalue weighted by atomic mass is 79.9. The number of hydrogen-bond acceptors (Lipinski definition) is 1. The second kappa shape index (κ2) is 3.86. The lowest BCUT2D eigenvalue weighted by molar-refractivity contribution is 1.39. The maximum absolute atomic E-state index is 5.98. The molecule has 5 heteroatoms. The molecule has 0 aliphatic rings. The fourth-order valence-electron chi connectivity index (χ4n) is 1.13. The summed E-state index contributed by atoms with van der Waals surface area (Å²) < 4.78 is 0.741. The Hall–Kier alpha value is -0.0200. The fraction of sp³-hybridized carbons (Fsp3) is 0. The van der Waals surface area contributed by atoms with Gasteiger partial charge in [-0.2, -0.15) is 0 Å². The molecule has 0 amide bonds. The minimum Gasteiger partial charge on any atom is -0.233 e. The van der Waals surface area contributed by atoms with Crippen LogP contribution in [0, 0.1) is 0 Å². The molecular weight excluding hydrogens is 308 g/mol. The maximum Gasteiger partial charge on any atom is 0.144 e. The number of fused-ring (bicyclic) bond motifs is 1. The zero-order valence-corrected chi connectivity index (χ0v) is 10.5. The number of halogens is 4. The van der Waals surface area contributed by atoms with Gasteiger partial charge in [-0.05, 0) is 28.1 Å². The van der Waals surface area contributed by atoms with Gasteiger partial charge in [0.15, 0.2) is 0 Å². The topological polar surface area (TPSA) is 12.9 Å². The highest BCUT2D eigenvalue weighted by molar-refractivity contribution is 9.10. The molecular formula is C9H3BrCl3N. The molecule has 1 aromatic carbocycles. The van der Waals surface area contributed by atoms with Crippen LogP contribution in [0.3, 0.4) is 0 Å². The first kappa shape index (κ1) is 10.5. The maximum atomic E-state index is 5.98. The van der Waals surface area contributed by atoms with Crippen LogP contribution in [0.2, 0.25) is 15.2 Å². The predicted molar refractivity (Wildman–Crippen MR) is 64.5 cm³/mol. The van der Waals surface area contributed by atoms with Gasteiger partial charge < -0.3 is 0 Å². The number of rotatable bonds is 0. The Kier molecular flexibility index (Phi) is 2.89. The quantitative estimate of drug-likeness (QED) is 0.627. The van der Waals surface area contributed by atoms with Gasteiger partial charge in [-0.25, -0.2) is 4.98 Å². The van der Waals surface area contributed by atoms with E-state index < -0.39 is 0 Å². The van der Waals surface area contributed by atoms with Crippen molar-refractivity contribution < 1.29 is 0 Å². The zero-order chi connectivity index (χ0) is 10.3. The highest BCUT2D eigenvalue weighted by Gasteiger charge is 2.08. The Morgan fingerprint density at radius 2 is 1.86 bits per heavy atom. The van der Waals surface area contributed by atoms with Gasteiger partial charge in [0.05, 0.1) is 20.0 Å². The summed E-state index contributed by atoms with van der Waals surface area (Å²) in [6.45, 7) is 0. The Morgan fingerprint density at radius 3 is 2.57 bits per heavy atom. The molecule has 2 rings (SSSR count). The van der Waals surface area contributed by atoms with Crippen LogP contribution in [0.4, 0.5) is 0 Å². The van der Waals surface area contributed by atoms with Crippen LogP contribution < -0.4 is 0 Å². The van der Waals surface area contributed by atoms with Crippen molar-refractivity contribution >= 4 is 61.6 Å². The van der Waals surface area contributed by atoms with Gasteiger partial charge in [-0.3, -0.25) is 0 Å². The molecule has 0 fully saturated rings. The van der Waals surface area contributed by atoms with Gasteiger partial charge in [0.25, 0.3) is 0 Å². The zero-order valence-electron chi connectivity index (χ0n) is 6.69. The van der Waals surface area contributed by atoms with Crippen molar-refractivity contribution in [2.75, 3.05) is 0 Å². The third kappa shape index (κ3) is 1.72. The summed E-state index contributed by atoms with van der Waals surface area (Å²) in [6.07, 6.45) is 0. The Morgan fingerprint density at radius 1 is 1.14 bits per heavy atom. The first-order valence-electron chi connectivity index (χ1n) is 3.69. The lowest BCUT2D eigenvalue weighted by Gasteiger charge is -2.03. The first-order chi connectivity index (χ1) is 6.59. The summed E-state index contributed by atoms with van der Waals surface area (Å²) >= 11 is 21.0. The van der Waals surface area contributed by atoms with Crippen molar-refractivity contribution in [1.82, 2.24) is 4.98 Å². The second-order valence-electron chi connectivity index (χ2n) is 2.69. The van der Waals surface area contributed by atoms with E-state index in [0.29, 0.717) is 20.7 Å². The van der Waals surface area contributed by atoms with Crippen molar-refractivity contribution in [3.63, 3.8) is 0 Å². The van der Waals surface area contributed by atoms with Crippen LogP contribution in [0.1, 0.15) is 0 Å². The molecule has 0 aliphatic heterocycles. The monoisotopic (exact) mass is 309 g/mol. The number of pyridine rings is 1. The molecule has 0 spiro atoms. The van der Waals surface area contributed by atoms with Crippen LogP contribution >= 0.6 is 50.7 Å². The third-order valence-electron chi connectivity index (χ3n) is 1.79. The Balaban J connectivity index is 2.89. The largest absolute Gasteiger partial charge is 0.233 e. The van der Waals surface area contributed by atoms with E-state index in [1.807, 2.05) is 12.1 Å². The number of nitrogens with zero attached hydrogens (tertiary/aromatic N) is 1. The summed E-state index contributed by atoms with van der Waals surface area (Å²) in [5.74, 6) is 0. The van der Waals surface area contributed by atoms with E-state index in [-0.39, 0.29) is 0 Å². The van der Waals surface area contributed by atoms with Crippen LogP contribution in [-0.2, 0) is 0 Å². The van der Waals surface area contributed by atoms with E-state index in [4.69, 9.17) is 34.8 Å². The molecule has 0 bridgehead atoms. The molecule has 0 unspecified atom stereocenters. The Labute approximate surface area is 104 Å². The number of aromatic nitrogens is 1. The van der Waals surface area contributed by atoms with Crippen LogP contribution in [0.5, 0.6) is 0 Å².